The van der Waals surface area contributed by atoms with Gasteiger partial charge in [-0.3, -0.25) is 4.68 Å². The van der Waals surface area contributed by atoms with Crippen LogP contribution < -0.4 is 10.6 Å². The number of nitrogens with one attached hydrogen (secondary N) is 2. The summed E-state index contributed by atoms with van der Waals surface area (Å²) in [5, 5.41) is 12.0. The zero-order chi connectivity index (χ0) is 16.9. The van der Waals surface area contributed by atoms with Crippen molar-refractivity contribution in [1.29, 1.82) is 0 Å². The van der Waals surface area contributed by atoms with Crippen LogP contribution in [0.1, 0.15) is 11.3 Å². The minimum Gasteiger partial charge on any atom is -0.332 e. The third-order valence-electron chi connectivity index (χ3n) is 3.50. The second kappa shape index (κ2) is 7.47. The van der Waals surface area contributed by atoms with E-state index in [2.05, 4.69) is 15.7 Å². The predicted molar refractivity (Wildman–Crippen MR) is 104 cm³/mol. The molecule has 1 aromatic heterocycles. The number of rotatable bonds is 4. The van der Waals surface area contributed by atoms with Gasteiger partial charge in [-0.25, -0.2) is 0 Å². The smallest absolute Gasteiger partial charge is 0.176 e. The summed E-state index contributed by atoms with van der Waals surface area (Å²) in [6.45, 7) is 2.70. The standard InChI is InChI=1S/C18H17ClN4S/c1-13-11-17(21-18(24)20-16-5-3-2-4-6-16)22-23(13)12-14-7-9-15(19)10-8-14/h2-11H,12H2,1H3,(H2,20,21,22,24). The van der Waals surface area contributed by atoms with E-state index in [1.165, 1.54) is 0 Å². The molecule has 0 aliphatic rings. The molecule has 0 spiro atoms. The number of hydrogen-bond acceptors (Lipinski definition) is 2. The lowest BCUT2D eigenvalue weighted by atomic mass is 10.2. The molecule has 0 saturated carbocycles. The summed E-state index contributed by atoms with van der Waals surface area (Å²) in [6, 6.07) is 19.5. The average molecular weight is 357 g/mol. The first-order valence-corrected chi connectivity index (χ1v) is 8.31. The Hall–Kier alpha value is -2.37. The molecule has 0 bridgehead atoms. The van der Waals surface area contributed by atoms with E-state index in [0.29, 0.717) is 11.7 Å². The molecule has 0 atom stereocenters. The van der Waals surface area contributed by atoms with Gasteiger partial charge in [0.15, 0.2) is 10.9 Å². The molecule has 0 unspecified atom stereocenters. The topological polar surface area (TPSA) is 41.9 Å². The summed E-state index contributed by atoms with van der Waals surface area (Å²) in [5.74, 6) is 0.717. The van der Waals surface area contributed by atoms with Crippen LogP contribution in [-0.2, 0) is 6.54 Å². The van der Waals surface area contributed by atoms with Crippen molar-refractivity contribution in [3.8, 4) is 0 Å². The van der Waals surface area contributed by atoms with Crippen molar-refractivity contribution in [1.82, 2.24) is 9.78 Å². The van der Waals surface area contributed by atoms with Crippen LogP contribution in [0.15, 0.2) is 60.7 Å². The van der Waals surface area contributed by atoms with E-state index in [1.807, 2.05) is 72.3 Å². The summed E-state index contributed by atoms with van der Waals surface area (Å²) in [7, 11) is 0. The Kier molecular flexibility index (Phi) is 5.13. The van der Waals surface area contributed by atoms with Crippen LogP contribution in [0.4, 0.5) is 11.5 Å². The molecule has 0 aliphatic carbocycles. The minimum absolute atomic E-state index is 0.511. The molecule has 122 valence electrons. The Balaban J connectivity index is 1.65. The van der Waals surface area contributed by atoms with E-state index in [0.717, 1.165) is 27.8 Å². The molecule has 0 saturated heterocycles. The summed E-state index contributed by atoms with van der Waals surface area (Å²) >= 11 is 11.2. The van der Waals surface area contributed by atoms with E-state index in [9.17, 15) is 0 Å². The molecule has 2 aromatic carbocycles. The fourth-order valence-corrected chi connectivity index (χ4v) is 2.64. The molecule has 6 heteroatoms. The van der Waals surface area contributed by atoms with Crippen LogP contribution in [0.5, 0.6) is 0 Å². The number of nitrogens with zero attached hydrogens (tertiary/aromatic N) is 2. The van der Waals surface area contributed by atoms with Gasteiger partial charge < -0.3 is 10.6 Å². The molecular weight excluding hydrogens is 340 g/mol. The molecule has 24 heavy (non-hydrogen) atoms. The Bertz CT molecular complexity index is 828. The SMILES string of the molecule is Cc1cc(NC(=S)Nc2ccccc2)nn1Cc1ccc(Cl)cc1. The van der Waals surface area contributed by atoms with Crippen molar-refractivity contribution in [2.45, 2.75) is 13.5 Å². The maximum atomic E-state index is 5.92. The fraction of sp³-hybridized carbons (Fsp3) is 0.111. The average Bonchev–Trinajstić information content (AvgIpc) is 2.89. The van der Waals surface area contributed by atoms with Crippen molar-refractivity contribution < 1.29 is 0 Å². The summed E-state index contributed by atoms with van der Waals surface area (Å²) in [5.41, 5.74) is 3.13. The van der Waals surface area contributed by atoms with Crippen molar-refractivity contribution in [2.24, 2.45) is 0 Å². The number of hydrogen-bond donors (Lipinski definition) is 2. The molecule has 3 aromatic rings. The van der Waals surface area contributed by atoms with Crippen LogP contribution in [0.3, 0.4) is 0 Å². The van der Waals surface area contributed by atoms with E-state index in [1.54, 1.807) is 0 Å². The normalized spacial score (nSPS) is 10.4. The van der Waals surface area contributed by atoms with Gasteiger partial charge in [0.1, 0.15) is 0 Å². The van der Waals surface area contributed by atoms with Gasteiger partial charge in [-0.05, 0) is 49.0 Å². The predicted octanol–water partition coefficient (Wildman–Crippen LogP) is 4.70. The van der Waals surface area contributed by atoms with Gasteiger partial charge in [0.2, 0.25) is 0 Å². The molecule has 3 rings (SSSR count). The molecular formula is C18H17ClN4S. The third-order valence-corrected chi connectivity index (χ3v) is 3.96. The number of para-hydroxylation sites is 1. The van der Waals surface area contributed by atoms with E-state index in [4.69, 9.17) is 23.8 Å². The number of thiocarbonyl (C=S) groups is 1. The highest BCUT2D eigenvalue weighted by atomic mass is 35.5. The second-order valence-corrected chi connectivity index (χ2v) is 6.24. The van der Waals surface area contributed by atoms with Gasteiger partial charge >= 0.3 is 0 Å². The van der Waals surface area contributed by atoms with Gasteiger partial charge in [0.05, 0.1) is 6.54 Å². The Labute approximate surface area is 151 Å². The third kappa shape index (κ3) is 4.34. The van der Waals surface area contributed by atoms with E-state index in [-0.39, 0.29) is 0 Å². The van der Waals surface area contributed by atoms with Crippen molar-refractivity contribution in [2.75, 3.05) is 10.6 Å². The van der Waals surface area contributed by atoms with Gasteiger partial charge in [-0.15, -0.1) is 0 Å². The van der Waals surface area contributed by atoms with Crippen LogP contribution in [0.25, 0.3) is 0 Å². The molecule has 2 N–H and O–H groups in total. The molecule has 4 nitrogen and oxygen atoms in total. The van der Waals surface area contributed by atoms with E-state index < -0.39 is 0 Å². The van der Waals surface area contributed by atoms with Crippen LogP contribution in [0, 0.1) is 6.92 Å². The van der Waals surface area contributed by atoms with Crippen molar-refractivity contribution in [3.05, 3.63) is 76.9 Å². The highest BCUT2D eigenvalue weighted by Gasteiger charge is 2.07. The zero-order valence-corrected chi connectivity index (χ0v) is 14.7. The first-order valence-electron chi connectivity index (χ1n) is 7.52. The Morgan fingerprint density at radius 3 is 2.50 bits per heavy atom. The largest absolute Gasteiger partial charge is 0.332 e. The van der Waals surface area contributed by atoms with Gasteiger partial charge in [-0.1, -0.05) is 41.9 Å². The Morgan fingerprint density at radius 1 is 1.08 bits per heavy atom. The lowest BCUT2D eigenvalue weighted by Crippen LogP contribution is -2.19. The van der Waals surface area contributed by atoms with Gasteiger partial charge in [0.25, 0.3) is 0 Å². The molecule has 0 amide bonds. The fourth-order valence-electron chi connectivity index (χ4n) is 2.29. The minimum atomic E-state index is 0.511. The second-order valence-electron chi connectivity index (χ2n) is 5.40. The maximum Gasteiger partial charge on any atom is 0.176 e. The van der Waals surface area contributed by atoms with E-state index >= 15 is 0 Å². The van der Waals surface area contributed by atoms with Crippen molar-refractivity contribution in [3.63, 3.8) is 0 Å². The summed E-state index contributed by atoms with van der Waals surface area (Å²) in [6.07, 6.45) is 0. The van der Waals surface area contributed by atoms with Gasteiger partial charge in [-0.2, -0.15) is 5.10 Å². The monoisotopic (exact) mass is 356 g/mol. The first kappa shape index (κ1) is 16.5. The number of aromatic nitrogens is 2. The molecule has 0 fully saturated rings. The maximum absolute atomic E-state index is 5.92. The summed E-state index contributed by atoms with van der Waals surface area (Å²) < 4.78 is 1.93. The molecule has 0 aliphatic heterocycles. The number of anilines is 2. The van der Waals surface area contributed by atoms with Gasteiger partial charge in [0, 0.05) is 22.5 Å². The zero-order valence-electron chi connectivity index (χ0n) is 13.2. The quantitative estimate of drug-likeness (QED) is 0.665. The summed E-state index contributed by atoms with van der Waals surface area (Å²) in [4.78, 5) is 0. The number of aryl methyl sites for hydroxylation is 1. The Morgan fingerprint density at radius 2 is 1.79 bits per heavy atom. The molecule has 1 heterocycles. The highest BCUT2D eigenvalue weighted by Crippen LogP contribution is 2.14. The first-order chi connectivity index (χ1) is 11.6. The van der Waals surface area contributed by atoms with Crippen LogP contribution >= 0.6 is 23.8 Å². The lowest BCUT2D eigenvalue weighted by molar-refractivity contribution is 0.668. The van der Waals surface area contributed by atoms with Crippen LogP contribution in [-0.4, -0.2) is 14.9 Å². The molecule has 0 radical (unpaired) electrons. The van der Waals surface area contributed by atoms with Crippen LogP contribution in [0.2, 0.25) is 5.02 Å². The lowest BCUT2D eigenvalue weighted by Gasteiger charge is -2.08. The number of halogens is 1. The van der Waals surface area contributed by atoms with Crippen molar-refractivity contribution >= 4 is 40.4 Å². The highest BCUT2D eigenvalue weighted by molar-refractivity contribution is 7.80. The number of benzene rings is 2.